The highest BCUT2D eigenvalue weighted by Crippen LogP contribution is 2.11. The van der Waals surface area contributed by atoms with Gasteiger partial charge in [-0.2, -0.15) is 0 Å². The van der Waals surface area contributed by atoms with Crippen molar-refractivity contribution < 1.29 is 19.1 Å². The molecule has 5 nitrogen and oxygen atoms in total. The summed E-state index contributed by atoms with van der Waals surface area (Å²) in [6, 6.07) is 10.0. The molecule has 1 aromatic heterocycles. The van der Waals surface area contributed by atoms with E-state index in [1.807, 2.05) is 0 Å². The van der Waals surface area contributed by atoms with Gasteiger partial charge < -0.3 is 14.4 Å². The van der Waals surface area contributed by atoms with E-state index in [0.29, 0.717) is 18.5 Å². The third-order valence-electron chi connectivity index (χ3n) is 3.04. The highest BCUT2D eigenvalue weighted by atomic mass is 16.4. The van der Waals surface area contributed by atoms with Crippen LogP contribution in [0.15, 0.2) is 47.1 Å². The van der Waals surface area contributed by atoms with Gasteiger partial charge in [0.1, 0.15) is 0 Å². The van der Waals surface area contributed by atoms with Crippen molar-refractivity contribution in [3.8, 4) is 0 Å². The van der Waals surface area contributed by atoms with Crippen molar-refractivity contribution in [1.82, 2.24) is 4.90 Å². The Hall–Kier alpha value is -2.56. The predicted octanol–water partition coefficient (Wildman–Crippen LogP) is 2.29. The molecule has 20 heavy (non-hydrogen) atoms. The van der Waals surface area contributed by atoms with Gasteiger partial charge in [0.2, 0.25) is 0 Å². The highest BCUT2D eigenvalue weighted by molar-refractivity contribution is 5.91. The Morgan fingerprint density at radius 3 is 2.60 bits per heavy atom. The van der Waals surface area contributed by atoms with Crippen LogP contribution in [0.5, 0.6) is 0 Å². The first kappa shape index (κ1) is 13.9. The minimum absolute atomic E-state index is 0.220. The van der Waals surface area contributed by atoms with Gasteiger partial charge in [0.15, 0.2) is 5.76 Å². The van der Waals surface area contributed by atoms with E-state index in [1.165, 1.54) is 11.2 Å². The summed E-state index contributed by atoms with van der Waals surface area (Å²) < 4.78 is 5.05. The van der Waals surface area contributed by atoms with Crippen LogP contribution < -0.4 is 0 Å². The molecule has 0 radical (unpaired) electrons. The number of hydrogen-bond donors (Lipinski definition) is 1. The molecule has 1 aromatic carbocycles. The van der Waals surface area contributed by atoms with Gasteiger partial charge in [-0.15, -0.1) is 0 Å². The quantitative estimate of drug-likeness (QED) is 0.907. The molecule has 0 aliphatic rings. The molecule has 1 heterocycles. The summed E-state index contributed by atoms with van der Waals surface area (Å²) in [5.41, 5.74) is 0.977. The van der Waals surface area contributed by atoms with Crippen LogP contribution in [-0.4, -0.2) is 35.5 Å². The Balaban J connectivity index is 2.02. The first-order valence-corrected chi connectivity index (χ1v) is 6.19. The Labute approximate surface area is 116 Å². The van der Waals surface area contributed by atoms with Crippen molar-refractivity contribution >= 4 is 11.9 Å². The molecule has 0 unspecified atom stereocenters. The van der Waals surface area contributed by atoms with Crippen molar-refractivity contribution in [3.63, 3.8) is 0 Å². The van der Waals surface area contributed by atoms with Gasteiger partial charge in [-0.1, -0.05) is 18.2 Å². The SMILES string of the molecule is CN(CCc1ccccc1C(=O)O)C(=O)c1ccco1. The Kier molecular flexibility index (Phi) is 4.20. The molecule has 2 rings (SSSR count). The fourth-order valence-electron chi connectivity index (χ4n) is 1.93. The molecule has 0 fully saturated rings. The van der Waals surface area contributed by atoms with Crippen LogP contribution in [0.3, 0.4) is 0 Å². The molecule has 1 N–H and O–H groups in total. The fraction of sp³-hybridized carbons (Fsp3) is 0.200. The number of rotatable bonds is 5. The number of aromatic carboxylic acids is 1. The predicted molar refractivity (Wildman–Crippen MR) is 72.8 cm³/mol. The lowest BCUT2D eigenvalue weighted by atomic mass is 10.0. The van der Waals surface area contributed by atoms with E-state index >= 15 is 0 Å². The number of carboxylic acid groups (broad SMARTS) is 1. The minimum Gasteiger partial charge on any atom is -0.478 e. The Bertz CT molecular complexity index is 604. The maximum atomic E-state index is 12.0. The van der Waals surface area contributed by atoms with Gasteiger partial charge in [0.25, 0.3) is 5.91 Å². The van der Waals surface area contributed by atoms with Gasteiger partial charge in [-0.3, -0.25) is 4.79 Å². The van der Waals surface area contributed by atoms with Gasteiger partial charge in [-0.05, 0) is 30.2 Å². The summed E-state index contributed by atoms with van der Waals surface area (Å²) in [4.78, 5) is 24.6. The molecule has 104 valence electrons. The molecule has 0 aliphatic heterocycles. The first-order valence-electron chi connectivity index (χ1n) is 6.19. The molecular formula is C15H15NO4. The topological polar surface area (TPSA) is 70.8 Å². The normalized spacial score (nSPS) is 10.2. The van der Waals surface area contributed by atoms with E-state index in [-0.39, 0.29) is 17.2 Å². The van der Waals surface area contributed by atoms with Gasteiger partial charge >= 0.3 is 5.97 Å². The maximum absolute atomic E-state index is 12.0. The molecule has 0 saturated heterocycles. The van der Waals surface area contributed by atoms with E-state index in [2.05, 4.69) is 0 Å². The monoisotopic (exact) mass is 273 g/mol. The number of nitrogens with zero attached hydrogens (tertiary/aromatic N) is 1. The first-order chi connectivity index (χ1) is 9.59. The van der Waals surface area contributed by atoms with E-state index in [4.69, 9.17) is 9.52 Å². The Morgan fingerprint density at radius 2 is 1.95 bits per heavy atom. The van der Waals surface area contributed by atoms with Crippen LogP contribution in [0.4, 0.5) is 0 Å². The van der Waals surface area contributed by atoms with Crippen LogP contribution in [0.1, 0.15) is 26.5 Å². The second kappa shape index (κ2) is 6.06. The lowest BCUT2D eigenvalue weighted by Gasteiger charge is -2.16. The number of carbonyl (C=O) groups is 2. The van der Waals surface area contributed by atoms with E-state index in [0.717, 1.165) is 0 Å². The number of likely N-dealkylation sites (N-methyl/N-ethyl adjacent to an activating group) is 1. The molecule has 0 spiro atoms. The van der Waals surface area contributed by atoms with Crippen molar-refractivity contribution in [1.29, 1.82) is 0 Å². The average molecular weight is 273 g/mol. The molecule has 0 saturated carbocycles. The molecule has 5 heteroatoms. The molecule has 0 aliphatic carbocycles. The second-order valence-corrected chi connectivity index (χ2v) is 4.42. The number of benzene rings is 1. The minimum atomic E-state index is -0.958. The van der Waals surface area contributed by atoms with E-state index in [9.17, 15) is 9.59 Å². The van der Waals surface area contributed by atoms with Crippen LogP contribution in [0, 0.1) is 0 Å². The third kappa shape index (κ3) is 3.06. The maximum Gasteiger partial charge on any atom is 0.335 e. The summed E-state index contributed by atoms with van der Waals surface area (Å²) in [6.45, 7) is 0.420. The van der Waals surface area contributed by atoms with Crippen molar-refractivity contribution in [2.24, 2.45) is 0 Å². The van der Waals surface area contributed by atoms with Crippen molar-refractivity contribution in [2.75, 3.05) is 13.6 Å². The highest BCUT2D eigenvalue weighted by Gasteiger charge is 2.15. The number of carboxylic acids is 1. The largest absolute Gasteiger partial charge is 0.478 e. The summed E-state index contributed by atoms with van der Waals surface area (Å²) >= 11 is 0. The summed E-state index contributed by atoms with van der Waals surface area (Å²) in [6.07, 6.45) is 1.92. The van der Waals surface area contributed by atoms with E-state index in [1.54, 1.807) is 43.4 Å². The van der Waals surface area contributed by atoms with Crippen molar-refractivity contribution in [2.45, 2.75) is 6.42 Å². The molecule has 0 bridgehead atoms. The fourth-order valence-corrected chi connectivity index (χ4v) is 1.93. The van der Waals surface area contributed by atoms with Crippen LogP contribution in [-0.2, 0) is 6.42 Å². The van der Waals surface area contributed by atoms with Gasteiger partial charge in [0, 0.05) is 13.6 Å². The lowest BCUT2D eigenvalue weighted by molar-refractivity contribution is 0.0695. The smallest absolute Gasteiger partial charge is 0.335 e. The molecule has 1 amide bonds. The standard InChI is InChI=1S/C15H15NO4/c1-16(14(17)13-7-4-10-20-13)9-8-11-5-2-3-6-12(11)15(18)19/h2-7,10H,8-9H2,1H3,(H,18,19). The van der Waals surface area contributed by atoms with Crippen LogP contribution >= 0.6 is 0 Å². The zero-order valence-corrected chi connectivity index (χ0v) is 11.1. The molecule has 0 atom stereocenters. The number of hydrogen-bond acceptors (Lipinski definition) is 3. The molecular weight excluding hydrogens is 258 g/mol. The van der Waals surface area contributed by atoms with Gasteiger partial charge in [0.05, 0.1) is 11.8 Å². The summed E-state index contributed by atoms with van der Waals surface area (Å²) in [5.74, 6) is -0.901. The number of furan rings is 1. The zero-order valence-electron chi connectivity index (χ0n) is 11.1. The zero-order chi connectivity index (χ0) is 14.5. The second-order valence-electron chi connectivity index (χ2n) is 4.42. The number of carbonyl (C=O) groups excluding carboxylic acids is 1. The molecule has 2 aromatic rings. The number of amides is 1. The van der Waals surface area contributed by atoms with Crippen molar-refractivity contribution in [3.05, 3.63) is 59.5 Å². The third-order valence-corrected chi connectivity index (χ3v) is 3.04. The van der Waals surface area contributed by atoms with E-state index < -0.39 is 5.97 Å². The Morgan fingerprint density at radius 1 is 1.20 bits per heavy atom. The van der Waals surface area contributed by atoms with Crippen LogP contribution in [0.25, 0.3) is 0 Å². The lowest BCUT2D eigenvalue weighted by Crippen LogP contribution is -2.28. The van der Waals surface area contributed by atoms with Crippen LogP contribution in [0.2, 0.25) is 0 Å². The summed E-state index contributed by atoms with van der Waals surface area (Å²) in [7, 11) is 1.66. The summed E-state index contributed by atoms with van der Waals surface area (Å²) in [5, 5.41) is 9.09. The average Bonchev–Trinajstić information content (AvgIpc) is 2.98. The van der Waals surface area contributed by atoms with Gasteiger partial charge in [-0.25, -0.2) is 4.79 Å².